The molecule has 2 aromatic carbocycles. The van der Waals surface area contributed by atoms with E-state index in [1.165, 1.54) is 7.11 Å². The first-order chi connectivity index (χ1) is 17.5. The van der Waals surface area contributed by atoms with Crippen LogP contribution >= 0.6 is 0 Å². The summed E-state index contributed by atoms with van der Waals surface area (Å²) in [4.78, 5) is 44.4. The van der Waals surface area contributed by atoms with Crippen molar-refractivity contribution in [3.63, 3.8) is 0 Å². The molecule has 2 fully saturated rings. The summed E-state index contributed by atoms with van der Waals surface area (Å²) in [7, 11) is 4.56. The van der Waals surface area contributed by atoms with E-state index >= 15 is 0 Å². The Hall–Kier alpha value is -3.75. The Morgan fingerprint density at radius 1 is 0.806 bits per heavy atom. The summed E-state index contributed by atoms with van der Waals surface area (Å²) in [6, 6.07) is 14.4. The van der Waals surface area contributed by atoms with Crippen molar-refractivity contribution >= 4 is 23.6 Å². The van der Waals surface area contributed by atoms with E-state index in [0.29, 0.717) is 56.2 Å². The van der Waals surface area contributed by atoms with E-state index in [2.05, 4.69) is 0 Å². The first-order valence-corrected chi connectivity index (χ1v) is 12.2. The number of amides is 3. The third-order valence-electron chi connectivity index (χ3n) is 6.96. The third-order valence-corrected chi connectivity index (χ3v) is 6.96. The van der Waals surface area contributed by atoms with E-state index in [1.807, 2.05) is 53.4 Å². The molecule has 3 amide bonds. The lowest BCUT2D eigenvalue weighted by atomic mass is 9.82. The fraction of sp³-hybridized carbons (Fsp3) is 0.444. The summed E-state index contributed by atoms with van der Waals surface area (Å²) in [6.07, 6.45) is 1.02. The van der Waals surface area contributed by atoms with Gasteiger partial charge in [-0.15, -0.1) is 0 Å². The first kappa shape index (κ1) is 25.3. The van der Waals surface area contributed by atoms with Gasteiger partial charge in [0, 0.05) is 38.3 Å². The Morgan fingerprint density at radius 2 is 1.39 bits per heavy atom. The van der Waals surface area contributed by atoms with E-state index in [0.717, 1.165) is 5.56 Å². The zero-order valence-corrected chi connectivity index (χ0v) is 21.0. The average Bonchev–Trinajstić information content (AvgIpc) is 3.19. The molecule has 4 rings (SSSR count). The van der Waals surface area contributed by atoms with Gasteiger partial charge in [-0.2, -0.15) is 0 Å². The molecule has 9 nitrogen and oxygen atoms in total. The van der Waals surface area contributed by atoms with E-state index in [-0.39, 0.29) is 24.3 Å². The smallest absolute Gasteiger partial charge is 0.409 e. The lowest BCUT2D eigenvalue weighted by molar-refractivity contribution is -0.138. The number of ether oxygens (including phenoxy) is 3. The van der Waals surface area contributed by atoms with Crippen LogP contribution in [0.4, 0.5) is 10.5 Å². The maximum atomic E-state index is 14.0. The van der Waals surface area contributed by atoms with Crippen LogP contribution in [0.1, 0.15) is 30.9 Å². The normalized spacial score (nSPS) is 20.5. The maximum Gasteiger partial charge on any atom is 0.409 e. The molecule has 0 spiro atoms. The number of hydrogen-bond acceptors (Lipinski definition) is 6. The van der Waals surface area contributed by atoms with Crippen LogP contribution < -0.4 is 14.4 Å². The highest BCUT2D eigenvalue weighted by molar-refractivity contribution is 5.97. The number of carbonyl (C=O) groups is 3. The number of nitrogens with zero attached hydrogens (tertiary/aromatic N) is 3. The van der Waals surface area contributed by atoms with Crippen molar-refractivity contribution in [2.24, 2.45) is 5.92 Å². The third kappa shape index (κ3) is 5.24. The van der Waals surface area contributed by atoms with Crippen LogP contribution in [0.25, 0.3) is 0 Å². The van der Waals surface area contributed by atoms with Crippen LogP contribution in [-0.4, -0.2) is 75.2 Å². The monoisotopic (exact) mass is 495 g/mol. The van der Waals surface area contributed by atoms with E-state index < -0.39 is 12.0 Å². The Balaban J connectivity index is 1.67. The molecule has 2 atom stereocenters. The molecule has 0 aliphatic carbocycles. The molecule has 36 heavy (non-hydrogen) atoms. The highest BCUT2D eigenvalue weighted by Crippen LogP contribution is 2.41. The lowest BCUT2D eigenvalue weighted by Gasteiger charge is -2.42. The first-order valence-electron chi connectivity index (χ1n) is 12.2. The van der Waals surface area contributed by atoms with E-state index in [9.17, 15) is 14.4 Å². The Bertz CT molecular complexity index is 1070. The molecule has 0 radical (unpaired) electrons. The highest BCUT2D eigenvalue weighted by atomic mass is 16.5. The van der Waals surface area contributed by atoms with E-state index in [4.69, 9.17) is 14.2 Å². The molecule has 0 saturated carbocycles. The molecule has 0 aromatic heterocycles. The summed E-state index contributed by atoms with van der Waals surface area (Å²) in [5, 5.41) is 0. The molecule has 9 heteroatoms. The van der Waals surface area contributed by atoms with Crippen molar-refractivity contribution in [3.05, 3.63) is 54.1 Å². The summed E-state index contributed by atoms with van der Waals surface area (Å²) in [5.41, 5.74) is 1.58. The van der Waals surface area contributed by atoms with Gasteiger partial charge in [0.15, 0.2) is 0 Å². The number of piperidine rings is 1. The van der Waals surface area contributed by atoms with Crippen LogP contribution in [-0.2, 0) is 14.3 Å². The summed E-state index contributed by atoms with van der Waals surface area (Å²) in [6.45, 7) is 1.93. The van der Waals surface area contributed by atoms with Gasteiger partial charge in [-0.05, 0) is 54.8 Å². The highest BCUT2D eigenvalue weighted by Gasteiger charge is 2.43. The Kier molecular flexibility index (Phi) is 7.97. The zero-order valence-electron chi connectivity index (χ0n) is 21.0. The van der Waals surface area contributed by atoms with Crippen LogP contribution in [0.5, 0.6) is 11.5 Å². The second-order valence-electron chi connectivity index (χ2n) is 8.96. The lowest BCUT2D eigenvalue weighted by Crippen LogP contribution is -2.50. The maximum absolute atomic E-state index is 14.0. The molecular formula is C27H33N3O6. The number of rotatable bonds is 5. The SMILES string of the molecule is COC(=O)N1CCCN(C(=O)C2CCC(=O)N(c3ccc(OC)cc3)C2c2ccc(OC)cc2)CC1. The molecule has 2 aliphatic rings. The van der Waals surface area contributed by atoms with Gasteiger partial charge < -0.3 is 28.9 Å². The minimum atomic E-state index is -0.474. The summed E-state index contributed by atoms with van der Waals surface area (Å²) >= 11 is 0. The van der Waals surface area contributed by atoms with Gasteiger partial charge in [0.2, 0.25) is 11.8 Å². The molecule has 2 heterocycles. The van der Waals surface area contributed by atoms with Gasteiger partial charge in [-0.3, -0.25) is 9.59 Å². The topological polar surface area (TPSA) is 88.6 Å². The van der Waals surface area contributed by atoms with Crippen LogP contribution in [0.2, 0.25) is 0 Å². The van der Waals surface area contributed by atoms with Crippen LogP contribution in [0.3, 0.4) is 0 Å². The Morgan fingerprint density at radius 3 is 2.00 bits per heavy atom. The quantitative estimate of drug-likeness (QED) is 0.631. The fourth-order valence-electron chi connectivity index (χ4n) is 5.06. The predicted molar refractivity (Wildman–Crippen MR) is 134 cm³/mol. The van der Waals surface area contributed by atoms with Gasteiger partial charge >= 0.3 is 6.09 Å². The van der Waals surface area contributed by atoms with Gasteiger partial charge in [0.05, 0.1) is 33.3 Å². The van der Waals surface area contributed by atoms with Crippen molar-refractivity contribution in [2.75, 3.05) is 52.4 Å². The molecule has 2 unspecified atom stereocenters. The van der Waals surface area contributed by atoms with Crippen LogP contribution in [0.15, 0.2) is 48.5 Å². The van der Waals surface area contributed by atoms with Gasteiger partial charge in [0.1, 0.15) is 11.5 Å². The summed E-state index contributed by atoms with van der Waals surface area (Å²) < 4.78 is 15.5. The zero-order chi connectivity index (χ0) is 25.7. The minimum Gasteiger partial charge on any atom is -0.497 e. The molecule has 2 saturated heterocycles. The molecule has 192 valence electrons. The molecule has 0 N–H and O–H groups in total. The molecule has 2 aromatic rings. The van der Waals surface area contributed by atoms with Crippen LogP contribution in [0, 0.1) is 5.92 Å². The predicted octanol–water partition coefficient (Wildman–Crippen LogP) is 3.49. The number of benzene rings is 2. The van der Waals surface area contributed by atoms with Crippen molar-refractivity contribution < 1.29 is 28.6 Å². The van der Waals surface area contributed by atoms with Crippen molar-refractivity contribution in [2.45, 2.75) is 25.3 Å². The molecular weight excluding hydrogens is 462 g/mol. The number of anilines is 1. The number of carbonyl (C=O) groups excluding carboxylic acids is 3. The van der Waals surface area contributed by atoms with Gasteiger partial charge in [-0.1, -0.05) is 12.1 Å². The second kappa shape index (κ2) is 11.3. The molecule has 0 bridgehead atoms. The van der Waals surface area contributed by atoms with E-state index in [1.54, 1.807) is 24.0 Å². The van der Waals surface area contributed by atoms with Gasteiger partial charge in [-0.25, -0.2) is 4.79 Å². The summed E-state index contributed by atoms with van der Waals surface area (Å²) in [5.74, 6) is 0.931. The fourth-order valence-corrected chi connectivity index (χ4v) is 5.06. The average molecular weight is 496 g/mol. The van der Waals surface area contributed by atoms with Gasteiger partial charge in [0.25, 0.3) is 0 Å². The number of hydrogen-bond donors (Lipinski definition) is 0. The molecule has 2 aliphatic heterocycles. The minimum absolute atomic E-state index is 0.00598. The standard InChI is InChI=1S/C27H33N3O6/c1-34-21-9-5-19(6-10-21)25-23(26(32)28-15-4-16-29(18-17-28)27(33)36-3)13-14-24(31)30(25)20-7-11-22(35-2)12-8-20/h5-12,23,25H,4,13-18H2,1-3H3. The second-order valence-corrected chi connectivity index (χ2v) is 8.96. The van der Waals surface area contributed by atoms with Crippen molar-refractivity contribution in [1.82, 2.24) is 9.80 Å². The van der Waals surface area contributed by atoms with Crippen molar-refractivity contribution in [1.29, 1.82) is 0 Å². The number of methoxy groups -OCH3 is 3. The Labute approximate surface area is 211 Å². The van der Waals surface area contributed by atoms with Crippen molar-refractivity contribution in [3.8, 4) is 11.5 Å². The largest absolute Gasteiger partial charge is 0.497 e.